The van der Waals surface area contributed by atoms with Gasteiger partial charge in [0.05, 0.1) is 6.10 Å². The van der Waals surface area contributed by atoms with E-state index in [2.05, 4.69) is 0 Å². The first kappa shape index (κ1) is 12.2. The zero-order valence-electron chi connectivity index (χ0n) is 6.58. The maximum absolute atomic E-state index is 9.99. The van der Waals surface area contributed by atoms with Gasteiger partial charge >= 0.3 is 0 Å². The van der Waals surface area contributed by atoms with Crippen molar-refractivity contribution < 1.29 is 20.1 Å². The molecule has 3 N–H and O–H groups in total. The highest BCUT2D eigenvalue weighted by atomic mass is 33.1. The summed E-state index contributed by atoms with van der Waals surface area (Å²) in [5, 5.41) is 27.0. The minimum absolute atomic E-state index is 0.206. The maximum atomic E-state index is 9.99. The van der Waals surface area contributed by atoms with Crippen molar-refractivity contribution in [1.29, 1.82) is 0 Å². The van der Waals surface area contributed by atoms with Gasteiger partial charge in [-0.15, -0.1) is 0 Å². The van der Waals surface area contributed by atoms with E-state index in [9.17, 15) is 4.79 Å². The molecule has 0 rings (SSSR count). The Balaban J connectivity index is 3.74. The lowest BCUT2D eigenvalue weighted by molar-refractivity contribution is -0.124. The predicted molar refractivity (Wildman–Crippen MR) is 50.1 cm³/mol. The SMILES string of the molecule is CSSC[C@@H](O)[C@@H](O)[C@@H](O)C=O. The lowest BCUT2D eigenvalue weighted by atomic mass is 10.1. The van der Waals surface area contributed by atoms with Gasteiger partial charge in [-0.25, -0.2) is 0 Å². The van der Waals surface area contributed by atoms with Crippen LogP contribution < -0.4 is 0 Å². The molecule has 3 atom stereocenters. The summed E-state index contributed by atoms with van der Waals surface area (Å²) in [6, 6.07) is 0. The van der Waals surface area contributed by atoms with E-state index in [4.69, 9.17) is 15.3 Å². The molecule has 12 heavy (non-hydrogen) atoms. The summed E-state index contributed by atoms with van der Waals surface area (Å²) in [4.78, 5) is 9.99. The monoisotopic (exact) mass is 212 g/mol. The molecular weight excluding hydrogens is 200 g/mol. The van der Waals surface area contributed by atoms with Crippen LogP contribution in [0.5, 0.6) is 0 Å². The molecule has 0 saturated heterocycles. The van der Waals surface area contributed by atoms with Crippen LogP contribution in [-0.4, -0.2) is 51.9 Å². The molecule has 0 fully saturated rings. The molecule has 0 aliphatic rings. The summed E-state index contributed by atoms with van der Waals surface area (Å²) < 4.78 is 0. The van der Waals surface area contributed by atoms with Crippen LogP contribution in [0.25, 0.3) is 0 Å². The Morgan fingerprint density at radius 3 is 2.42 bits per heavy atom. The van der Waals surface area contributed by atoms with Crippen LogP contribution in [0.15, 0.2) is 0 Å². The molecule has 72 valence electrons. The van der Waals surface area contributed by atoms with Crippen LogP contribution in [0, 0.1) is 0 Å². The quantitative estimate of drug-likeness (QED) is 0.398. The average Bonchev–Trinajstić information content (AvgIpc) is 2.11. The Bertz CT molecular complexity index is 133. The third-order valence-electron chi connectivity index (χ3n) is 1.24. The zero-order chi connectivity index (χ0) is 9.56. The number of carbonyl (C=O) groups excluding carboxylic acids is 1. The minimum atomic E-state index is -1.50. The molecule has 0 heterocycles. The van der Waals surface area contributed by atoms with Crippen molar-refractivity contribution in [3.05, 3.63) is 0 Å². The van der Waals surface area contributed by atoms with Crippen LogP contribution in [0.4, 0.5) is 0 Å². The van der Waals surface area contributed by atoms with E-state index in [0.29, 0.717) is 0 Å². The Morgan fingerprint density at radius 1 is 1.42 bits per heavy atom. The lowest BCUT2D eigenvalue weighted by Gasteiger charge is -2.18. The van der Waals surface area contributed by atoms with E-state index in [1.54, 1.807) is 0 Å². The molecule has 0 amide bonds. The molecule has 0 saturated carbocycles. The molecule has 4 nitrogen and oxygen atoms in total. The Morgan fingerprint density at radius 2 is 2.00 bits per heavy atom. The number of aliphatic hydroxyl groups is 3. The average molecular weight is 212 g/mol. The van der Waals surface area contributed by atoms with Gasteiger partial charge in [0.2, 0.25) is 0 Å². The first-order chi connectivity index (χ1) is 5.63. The topological polar surface area (TPSA) is 77.8 Å². The van der Waals surface area contributed by atoms with E-state index in [-0.39, 0.29) is 12.0 Å². The smallest absolute Gasteiger partial charge is 0.151 e. The molecular formula is C6H12O4S2. The number of carbonyl (C=O) groups is 1. The van der Waals surface area contributed by atoms with E-state index >= 15 is 0 Å². The second-order valence-electron chi connectivity index (χ2n) is 2.14. The van der Waals surface area contributed by atoms with Crippen molar-refractivity contribution in [1.82, 2.24) is 0 Å². The molecule has 0 aromatic carbocycles. The summed E-state index contributed by atoms with van der Waals surface area (Å²) >= 11 is 0. The van der Waals surface area contributed by atoms with Gasteiger partial charge in [-0.05, 0) is 6.26 Å². The molecule has 0 spiro atoms. The van der Waals surface area contributed by atoms with Crippen molar-refractivity contribution in [3.8, 4) is 0 Å². The van der Waals surface area contributed by atoms with Crippen molar-refractivity contribution in [2.45, 2.75) is 18.3 Å². The summed E-state index contributed by atoms with van der Waals surface area (Å²) in [5.41, 5.74) is 0. The highest BCUT2D eigenvalue weighted by Crippen LogP contribution is 2.19. The highest BCUT2D eigenvalue weighted by Gasteiger charge is 2.23. The van der Waals surface area contributed by atoms with Crippen molar-refractivity contribution in [3.63, 3.8) is 0 Å². The Kier molecular flexibility index (Phi) is 6.87. The van der Waals surface area contributed by atoms with Crippen LogP contribution in [-0.2, 0) is 4.79 Å². The fourth-order valence-electron chi connectivity index (χ4n) is 0.544. The van der Waals surface area contributed by atoms with E-state index in [1.807, 2.05) is 6.26 Å². The third kappa shape index (κ3) is 4.32. The molecule has 0 aromatic heterocycles. The molecule has 0 aliphatic carbocycles. The van der Waals surface area contributed by atoms with E-state index in [0.717, 1.165) is 0 Å². The summed E-state index contributed by atoms with van der Waals surface area (Å²) in [5.74, 6) is 0.285. The summed E-state index contributed by atoms with van der Waals surface area (Å²) in [6.45, 7) is 0. The molecule has 0 radical (unpaired) electrons. The first-order valence-corrected chi connectivity index (χ1v) is 6.01. The van der Waals surface area contributed by atoms with Crippen molar-refractivity contribution >= 4 is 27.9 Å². The number of aldehydes is 1. The largest absolute Gasteiger partial charge is 0.389 e. The molecule has 0 aliphatic heterocycles. The minimum Gasteiger partial charge on any atom is -0.389 e. The second kappa shape index (κ2) is 6.73. The van der Waals surface area contributed by atoms with Crippen LogP contribution in [0.1, 0.15) is 0 Å². The van der Waals surface area contributed by atoms with Gasteiger partial charge in [0.15, 0.2) is 6.29 Å². The molecule has 0 aromatic rings. The van der Waals surface area contributed by atoms with E-state index < -0.39 is 18.3 Å². The molecule has 6 heteroatoms. The van der Waals surface area contributed by atoms with Crippen LogP contribution >= 0.6 is 21.6 Å². The third-order valence-corrected chi connectivity index (χ3v) is 3.07. The van der Waals surface area contributed by atoms with Gasteiger partial charge in [-0.2, -0.15) is 0 Å². The first-order valence-electron chi connectivity index (χ1n) is 3.28. The van der Waals surface area contributed by atoms with Gasteiger partial charge in [0.1, 0.15) is 12.2 Å². The number of aliphatic hydroxyl groups excluding tert-OH is 3. The molecule has 0 bridgehead atoms. The summed E-state index contributed by atoms with van der Waals surface area (Å²) in [6.07, 6.45) is -1.91. The zero-order valence-corrected chi connectivity index (χ0v) is 8.22. The fourth-order valence-corrected chi connectivity index (χ4v) is 1.84. The maximum Gasteiger partial charge on any atom is 0.151 e. The standard InChI is InChI=1S/C6H12O4S2/c1-11-12-3-5(9)6(10)4(8)2-7/h2,4-6,8-10H,3H2,1H3/t4-,5+,6-/m0/s1. The predicted octanol–water partition coefficient (Wildman–Crippen LogP) is -0.721. The molecule has 0 unspecified atom stereocenters. The highest BCUT2D eigenvalue weighted by molar-refractivity contribution is 8.76. The fraction of sp³-hybridized carbons (Fsp3) is 0.833. The second-order valence-corrected chi connectivity index (χ2v) is 4.75. The van der Waals surface area contributed by atoms with Crippen LogP contribution in [0.3, 0.4) is 0 Å². The van der Waals surface area contributed by atoms with Gasteiger partial charge in [-0.3, -0.25) is 0 Å². The number of hydrogen-bond donors (Lipinski definition) is 3. The van der Waals surface area contributed by atoms with Gasteiger partial charge in [-0.1, -0.05) is 21.6 Å². The Labute approximate surface area is 78.8 Å². The van der Waals surface area contributed by atoms with Gasteiger partial charge in [0.25, 0.3) is 0 Å². The lowest BCUT2D eigenvalue weighted by Crippen LogP contribution is -2.39. The van der Waals surface area contributed by atoms with Gasteiger partial charge < -0.3 is 20.1 Å². The number of rotatable bonds is 6. The van der Waals surface area contributed by atoms with Gasteiger partial charge in [0, 0.05) is 5.75 Å². The van der Waals surface area contributed by atoms with E-state index in [1.165, 1.54) is 21.6 Å². The van der Waals surface area contributed by atoms with Crippen molar-refractivity contribution in [2.24, 2.45) is 0 Å². The normalized spacial score (nSPS) is 18.3. The number of hydrogen-bond acceptors (Lipinski definition) is 6. The summed E-state index contributed by atoms with van der Waals surface area (Å²) in [7, 11) is 2.79. The van der Waals surface area contributed by atoms with Crippen LogP contribution in [0.2, 0.25) is 0 Å². The van der Waals surface area contributed by atoms with Crippen molar-refractivity contribution in [2.75, 3.05) is 12.0 Å². The Hall–Kier alpha value is 0.250.